The van der Waals surface area contributed by atoms with Gasteiger partial charge in [0.15, 0.2) is 11.1 Å². The van der Waals surface area contributed by atoms with Crippen molar-refractivity contribution in [3.8, 4) is 0 Å². The number of hydrogen-bond donors (Lipinski definition) is 0. The van der Waals surface area contributed by atoms with Crippen molar-refractivity contribution in [3.05, 3.63) is 43.8 Å². The number of rotatable bonds is 2. The molecule has 1 heterocycles. The van der Waals surface area contributed by atoms with Gasteiger partial charge in [-0.1, -0.05) is 0 Å². The first kappa shape index (κ1) is 10.5. The molecule has 0 radical (unpaired) electrons. The molecule has 1 fully saturated rings. The summed E-state index contributed by atoms with van der Waals surface area (Å²) in [6.07, 6.45) is 0.366. The van der Waals surface area contributed by atoms with Crippen LogP contribution >= 0.6 is 0 Å². The van der Waals surface area contributed by atoms with Crippen molar-refractivity contribution in [2.75, 3.05) is 0 Å². The monoisotopic (exact) mass is 214 g/mol. The minimum Gasteiger partial charge on any atom is -0.385 e. The van der Waals surface area contributed by atoms with Crippen LogP contribution in [0.5, 0.6) is 0 Å². The van der Waals surface area contributed by atoms with Gasteiger partial charge in [-0.25, -0.2) is 9.59 Å². The molecule has 0 aromatic heterocycles. The van der Waals surface area contributed by atoms with Crippen LogP contribution in [0, 0.1) is 20.2 Å². The lowest BCUT2D eigenvalue weighted by Crippen LogP contribution is -2.00. The number of hydrogen-bond acceptors (Lipinski definition) is 7. The Labute approximate surface area is 80.9 Å². The van der Waals surface area contributed by atoms with Gasteiger partial charge in [0.2, 0.25) is 12.4 Å². The fourth-order valence-electron chi connectivity index (χ4n) is 0.869. The second-order valence-electron chi connectivity index (χ2n) is 2.33. The van der Waals surface area contributed by atoms with E-state index >= 15 is 0 Å². The molecule has 0 saturated carbocycles. The Morgan fingerprint density at radius 2 is 1.27 bits per heavy atom. The van der Waals surface area contributed by atoms with Crippen LogP contribution in [0.25, 0.3) is 0 Å². The van der Waals surface area contributed by atoms with E-state index in [1.165, 1.54) is 0 Å². The molecule has 0 aromatic carbocycles. The summed E-state index contributed by atoms with van der Waals surface area (Å²) in [4.78, 5) is 39.7. The Morgan fingerprint density at radius 1 is 0.933 bits per heavy atom. The summed E-state index contributed by atoms with van der Waals surface area (Å²) in [6.45, 7) is 0. The fourth-order valence-corrected chi connectivity index (χ4v) is 0.869. The minimum atomic E-state index is -1.27. The summed E-state index contributed by atoms with van der Waals surface area (Å²) in [5, 5.41) is 20.1. The standard InChI is InChI=1S/C6H2N2O7/c9-5-3(1-7(11)12)4(2-8(13)14)6(10)15-5/h1-2H. The maximum absolute atomic E-state index is 10.8. The van der Waals surface area contributed by atoms with Crippen LogP contribution in [0.4, 0.5) is 0 Å². The Hall–Kier alpha value is -2.58. The lowest BCUT2D eigenvalue weighted by Gasteiger charge is -1.85. The van der Waals surface area contributed by atoms with Crippen molar-refractivity contribution in [1.29, 1.82) is 0 Å². The second kappa shape index (κ2) is 3.65. The van der Waals surface area contributed by atoms with Crippen molar-refractivity contribution in [2.45, 2.75) is 0 Å². The Balaban J connectivity index is 3.23. The summed E-state index contributed by atoms with van der Waals surface area (Å²) in [7, 11) is 0. The highest BCUT2D eigenvalue weighted by Crippen LogP contribution is 2.21. The maximum atomic E-state index is 10.8. The van der Waals surface area contributed by atoms with Crippen LogP contribution in [0.2, 0.25) is 0 Å². The average molecular weight is 214 g/mol. The number of nitrogens with zero attached hydrogens (tertiary/aromatic N) is 2. The molecule has 0 N–H and O–H groups in total. The molecule has 0 bridgehead atoms. The van der Waals surface area contributed by atoms with E-state index in [1.807, 2.05) is 0 Å². The first-order valence-corrected chi connectivity index (χ1v) is 3.39. The van der Waals surface area contributed by atoms with E-state index < -0.39 is 32.9 Å². The molecule has 0 spiro atoms. The maximum Gasteiger partial charge on any atom is 0.353 e. The lowest BCUT2D eigenvalue weighted by atomic mass is 10.1. The third-order valence-electron chi connectivity index (χ3n) is 1.38. The second-order valence-corrected chi connectivity index (χ2v) is 2.33. The predicted octanol–water partition coefficient (Wildman–Crippen LogP) is -0.609. The zero-order valence-electron chi connectivity index (χ0n) is 6.91. The van der Waals surface area contributed by atoms with Crippen LogP contribution in [0.15, 0.2) is 23.5 Å². The number of carbonyl (C=O) groups is 2. The molecular weight excluding hydrogens is 212 g/mol. The molecular formula is C6H2N2O7. The molecule has 1 rings (SSSR count). The third kappa shape index (κ3) is 2.21. The number of esters is 2. The van der Waals surface area contributed by atoms with Gasteiger partial charge < -0.3 is 4.74 Å². The average Bonchev–Trinajstić information content (AvgIpc) is 2.30. The topological polar surface area (TPSA) is 130 Å². The molecule has 0 amide bonds. The SMILES string of the molecule is O=C1OC(=O)C(=C[N+](=O)[O-])C1=C[N+](=O)[O-]. The van der Waals surface area contributed by atoms with Gasteiger partial charge in [0.1, 0.15) is 0 Å². The zero-order chi connectivity index (χ0) is 11.6. The van der Waals surface area contributed by atoms with E-state index in [0.717, 1.165) is 0 Å². The highest BCUT2D eigenvalue weighted by atomic mass is 16.6. The van der Waals surface area contributed by atoms with Gasteiger partial charge in [0.05, 0.1) is 9.85 Å². The van der Waals surface area contributed by atoms with E-state index in [9.17, 15) is 29.8 Å². The van der Waals surface area contributed by atoms with Gasteiger partial charge >= 0.3 is 11.9 Å². The van der Waals surface area contributed by atoms with Crippen LogP contribution in [0.1, 0.15) is 0 Å². The van der Waals surface area contributed by atoms with Crippen molar-refractivity contribution >= 4 is 11.9 Å². The normalized spacial score (nSPS) is 20.8. The van der Waals surface area contributed by atoms with Gasteiger partial charge in [-0.15, -0.1) is 0 Å². The van der Waals surface area contributed by atoms with E-state index in [1.54, 1.807) is 0 Å². The van der Waals surface area contributed by atoms with Crippen molar-refractivity contribution in [1.82, 2.24) is 0 Å². The van der Waals surface area contributed by atoms with Crippen LogP contribution in [-0.4, -0.2) is 21.8 Å². The van der Waals surface area contributed by atoms with Crippen LogP contribution < -0.4 is 0 Å². The highest BCUT2D eigenvalue weighted by molar-refractivity contribution is 6.17. The van der Waals surface area contributed by atoms with Gasteiger partial charge in [0, 0.05) is 0 Å². The Morgan fingerprint density at radius 3 is 1.53 bits per heavy atom. The Kier molecular flexibility index (Phi) is 2.56. The number of cyclic esters (lactones) is 2. The number of ether oxygens (including phenoxy) is 1. The molecule has 1 aliphatic heterocycles. The summed E-state index contributed by atoms with van der Waals surface area (Å²) >= 11 is 0. The fraction of sp³-hybridized carbons (Fsp3) is 0. The van der Waals surface area contributed by atoms with Gasteiger partial charge in [-0.05, 0) is 0 Å². The summed E-state index contributed by atoms with van der Waals surface area (Å²) in [5.74, 6) is -2.55. The van der Waals surface area contributed by atoms with Crippen LogP contribution in [0.3, 0.4) is 0 Å². The summed E-state index contributed by atoms with van der Waals surface area (Å²) in [5.41, 5.74) is -1.47. The molecule has 9 heteroatoms. The third-order valence-corrected chi connectivity index (χ3v) is 1.38. The molecule has 78 valence electrons. The molecule has 0 unspecified atom stereocenters. The summed E-state index contributed by atoms with van der Waals surface area (Å²) in [6, 6.07) is 0. The first-order valence-electron chi connectivity index (χ1n) is 3.39. The largest absolute Gasteiger partial charge is 0.385 e. The van der Waals surface area contributed by atoms with E-state index in [0.29, 0.717) is 0 Å². The highest BCUT2D eigenvalue weighted by Gasteiger charge is 2.38. The smallest absolute Gasteiger partial charge is 0.353 e. The zero-order valence-corrected chi connectivity index (χ0v) is 6.91. The number of carbonyl (C=O) groups excluding carboxylic acids is 2. The van der Waals surface area contributed by atoms with Gasteiger partial charge in [0.25, 0.3) is 0 Å². The van der Waals surface area contributed by atoms with Crippen molar-refractivity contribution < 1.29 is 24.2 Å². The Bertz CT molecular complexity index is 393. The molecule has 1 aliphatic rings. The molecule has 0 aromatic rings. The molecule has 9 nitrogen and oxygen atoms in total. The van der Waals surface area contributed by atoms with Crippen LogP contribution in [-0.2, 0) is 14.3 Å². The molecule has 15 heavy (non-hydrogen) atoms. The molecule has 0 atom stereocenters. The summed E-state index contributed by atoms with van der Waals surface area (Å²) < 4.78 is 3.96. The van der Waals surface area contributed by atoms with Gasteiger partial charge in [-0.2, -0.15) is 0 Å². The minimum absolute atomic E-state index is 0.183. The molecule has 0 aliphatic carbocycles. The van der Waals surface area contributed by atoms with E-state index in [2.05, 4.69) is 4.74 Å². The predicted molar refractivity (Wildman–Crippen MR) is 41.3 cm³/mol. The first-order chi connectivity index (χ1) is 6.91. The van der Waals surface area contributed by atoms with E-state index in [4.69, 9.17) is 0 Å². The van der Waals surface area contributed by atoms with Crippen molar-refractivity contribution in [3.63, 3.8) is 0 Å². The van der Waals surface area contributed by atoms with E-state index in [-0.39, 0.29) is 12.4 Å². The molecule has 1 saturated heterocycles. The quantitative estimate of drug-likeness (QED) is 0.197. The lowest BCUT2D eigenvalue weighted by molar-refractivity contribution is -0.405. The van der Waals surface area contributed by atoms with Crippen molar-refractivity contribution in [2.24, 2.45) is 0 Å². The van der Waals surface area contributed by atoms with Gasteiger partial charge in [-0.3, -0.25) is 20.2 Å². The number of nitro groups is 2.